The highest BCUT2D eigenvalue weighted by atomic mass is 35.5. The van der Waals surface area contributed by atoms with Gasteiger partial charge in [0.15, 0.2) is 0 Å². The molecule has 2 nitrogen and oxygen atoms in total. The maximum Gasteiger partial charge on any atom is 0.124 e. The predicted octanol–water partition coefficient (Wildman–Crippen LogP) is 3.37. The van der Waals surface area contributed by atoms with Crippen LogP contribution in [0.15, 0.2) is 42.5 Å². The zero-order valence-corrected chi connectivity index (χ0v) is 10.8. The van der Waals surface area contributed by atoms with Crippen LogP contribution in [0, 0.1) is 11.6 Å². The van der Waals surface area contributed by atoms with E-state index in [1.807, 2.05) is 0 Å². The van der Waals surface area contributed by atoms with Gasteiger partial charge in [-0.3, -0.25) is 11.3 Å². The summed E-state index contributed by atoms with van der Waals surface area (Å²) in [6.45, 7) is 0. The number of benzene rings is 2. The van der Waals surface area contributed by atoms with Crippen molar-refractivity contribution in [1.82, 2.24) is 5.43 Å². The van der Waals surface area contributed by atoms with Crippen LogP contribution in [0.2, 0.25) is 5.02 Å². The van der Waals surface area contributed by atoms with Crippen LogP contribution in [-0.2, 0) is 6.42 Å². The maximum atomic E-state index is 13.2. The van der Waals surface area contributed by atoms with Gasteiger partial charge in [-0.15, -0.1) is 0 Å². The van der Waals surface area contributed by atoms with Gasteiger partial charge in [0.25, 0.3) is 0 Å². The highest BCUT2D eigenvalue weighted by molar-refractivity contribution is 6.31. The minimum Gasteiger partial charge on any atom is -0.271 e. The van der Waals surface area contributed by atoms with Crippen molar-refractivity contribution in [3.63, 3.8) is 0 Å². The fraction of sp³-hybridized carbons (Fsp3) is 0.143. The fourth-order valence-electron chi connectivity index (χ4n) is 1.90. The maximum absolute atomic E-state index is 13.2. The number of rotatable bonds is 4. The molecule has 0 radical (unpaired) electrons. The van der Waals surface area contributed by atoms with Crippen LogP contribution in [-0.4, -0.2) is 0 Å². The lowest BCUT2D eigenvalue weighted by molar-refractivity contribution is 0.543. The lowest BCUT2D eigenvalue weighted by Crippen LogP contribution is -2.29. The molecule has 0 aliphatic rings. The molecule has 0 aliphatic heterocycles. The zero-order valence-electron chi connectivity index (χ0n) is 10.0. The minimum absolute atomic E-state index is 0.293. The van der Waals surface area contributed by atoms with E-state index in [2.05, 4.69) is 5.43 Å². The van der Waals surface area contributed by atoms with Crippen LogP contribution in [0.5, 0.6) is 0 Å². The third-order valence-corrected chi connectivity index (χ3v) is 3.24. The van der Waals surface area contributed by atoms with E-state index in [9.17, 15) is 8.78 Å². The first-order valence-electron chi connectivity index (χ1n) is 5.75. The molecule has 2 aromatic rings. The van der Waals surface area contributed by atoms with Crippen molar-refractivity contribution < 1.29 is 8.78 Å². The van der Waals surface area contributed by atoms with Gasteiger partial charge >= 0.3 is 0 Å². The average molecular weight is 283 g/mol. The lowest BCUT2D eigenvalue weighted by Gasteiger charge is -2.17. The summed E-state index contributed by atoms with van der Waals surface area (Å²) in [5.74, 6) is 4.77. The molecular formula is C14H13ClF2N2. The molecule has 5 heteroatoms. The summed E-state index contributed by atoms with van der Waals surface area (Å²) in [6, 6.07) is 10.0. The van der Waals surface area contributed by atoms with Crippen LogP contribution in [0.4, 0.5) is 8.78 Å². The Balaban J connectivity index is 2.24. The normalized spacial score (nSPS) is 12.4. The van der Waals surface area contributed by atoms with Crippen LogP contribution >= 0.6 is 11.6 Å². The lowest BCUT2D eigenvalue weighted by atomic mass is 9.99. The monoisotopic (exact) mass is 282 g/mol. The van der Waals surface area contributed by atoms with Gasteiger partial charge in [0.2, 0.25) is 0 Å². The molecule has 3 N–H and O–H groups in total. The van der Waals surface area contributed by atoms with Crippen molar-refractivity contribution in [2.45, 2.75) is 12.5 Å². The molecule has 1 unspecified atom stereocenters. The van der Waals surface area contributed by atoms with Crippen LogP contribution in [0.25, 0.3) is 0 Å². The van der Waals surface area contributed by atoms with Gasteiger partial charge in [-0.1, -0.05) is 29.8 Å². The van der Waals surface area contributed by atoms with Crippen LogP contribution < -0.4 is 11.3 Å². The van der Waals surface area contributed by atoms with Crippen molar-refractivity contribution in [2.75, 3.05) is 0 Å². The highest BCUT2D eigenvalue weighted by Crippen LogP contribution is 2.24. The number of hydrogen-bond donors (Lipinski definition) is 2. The number of hydrogen-bond acceptors (Lipinski definition) is 2. The van der Waals surface area contributed by atoms with E-state index in [0.29, 0.717) is 17.0 Å². The molecule has 0 bridgehead atoms. The van der Waals surface area contributed by atoms with Gasteiger partial charge in [-0.2, -0.15) is 0 Å². The summed E-state index contributed by atoms with van der Waals surface area (Å²) in [4.78, 5) is 0. The van der Waals surface area contributed by atoms with Crippen LogP contribution in [0.3, 0.4) is 0 Å². The summed E-state index contributed by atoms with van der Waals surface area (Å²) < 4.78 is 26.2. The second kappa shape index (κ2) is 6.10. The Labute approximate surface area is 115 Å². The smallest absolute Gasteiger partial charge is 0.124 e. The van der Waals surface area contributed by atoms with E-state index >= 15 is 0 Å². The van der Waals surface area contributed by atoms with E-state index in [0.717, 1.165) is 5.56 Å². The third-order valence-electron chi connectivity index (χ3n) is 2.89. The molecule has 1 atom stereocenters. The molecule has 19 heavy (non-hydrogen) atoms. The molecule has 2 rings (SSSR count). The van der Waals surface area contributed by atoms with Gasteiger partial charge in [0, 0.05) is 5.02 Å². The molecule has 0 amide bonds. The number of halogens is 3. The third kappa shape index (κ3) is 3.50. The second-order valence-electron chi connectivity index (χ2n) is 4.21. The van der Waals surface area contributed by atoms with Crippen molar-refractivity contribution in [2.24, 2.45) is 5.84 Å². The Morgan fingerprint density at radius 3 is 2.47 bits per heavy atom. The van der Waals surface area contributed by atoms with Crippen molar-refractivity contribution in [3.8, 4) is 0 Å². The quantitative estimate of drug-likeness (QED) is 0.666. The molecule has 0 aliphatic carbocycles. The molecule has 0 aromatic heterocycles. The number of hydrazine groups is 1. The Hall–Kier alpha value is -1.49. The standard InChI is InChI=1S/C14H13ClF2N2/c15-13-8-12(17)5-4-9(13)7-14(19-18)10-2-1-3-11(16)6-10/h1-6,8,14,19H,7,18H2. The summed E-state index contributed by atoms with van der Waals surface area (Å²) >= 11 is 5.97. The van der Waals surface area contributed by atoms with Crippen molar-refractivity contribution >= 4 is 11.6 Å². The molecular weight excluding hydrogens is 270 g/mol. The number of nitrogens with one attached hydrogen (secondary N) is 1. The van der Waals surface area contributed by atoms with E-state index < -0.39 is 5.82 Å². The molecule has 100 valence electrons. The Morgan fingerprint density at radius 2 is 1.84 bits per heavy atom. The van der Waals surface area contributed by atoms with Crippen LogP contribution in [0.1, 0.15) is 17.2 Å². The fourth-order valence-corrected chi connectivity index (χ4v) is 2.15. The Bertz CT molecular complexity index is 575. The highest BCUT2D eigenvalue weighted by Gasteiger charge is 2.13. The molecule has 0 heterocycles. The average Bonchev–Trinajstić information content (AvgIpc) is 2.38. The van der Waals surface area contributed by atoms with E-state index in [1.165, 1.54) is 24.3 Å². The van der Waals surface area contributed by atoms with Crippen molar-refractivity contribution in [3.05, 3.63) is 70.2 Å². The Kier molecular flexibility index (Phi) is 4.47. The van der Waals surface area contributed by atoms with Crippen molar-refractivity contribution in [1.29, 1.82) is 0 Å². The molecule has 0 saturated heterocycles. The molecule has 2 aromatic carbocycles. The summed E-state index contributed by atoms with van der Waals surface area (Å²) in [6.07, 6.45) is 0.444. The first-order chi connectivity index (χ1) is 9.10. The van der Waals surface area contributed by atoms with E-state index in [-0.39, 0.29) is 11.9 Å². The summed E-state index contributed by atoms with van der Waals surface area (Å²) in [5, 5.41) is 0.330. The van der Waals surface area contributed by atoms with E-state index in [1.54, 1.807) is 18.2 Å². The van der Waals surface area contributed by atoms with Gasteiger partial charge in [-0.25, -0.2) is 8.78 Å². The predicted molar refractivity (Wildman–Crippen MR) is 71.6 cm³/mol. The molecule has 0 spiro atoms. The second-order valence-corrected chi connectivity index (χ2v) is 4.62. The number of nitrogens with two attached hydrogens (primary N) is 1. The minimum atomic E-state index is -0.392. The molecule has 0 fully saturated rings. The first kappa shape index (κ1) is 13.9. The zero-order chi connectivity index (χ0) is 13.8. The van der Waals surface area contributed by atoms with Gasteiger partial charge in [-0.05, 0) is 41.8 Å². The Morgan fingerprint density at radius 1 is 1.11 bits per heavy atom. The van der Waals surface area contributed by atoms with Gasteiger partial charge in [0.05, 0.1) is 6.04 Å². The summed E-state index contributed by atoms with van der Waals surface area (Å²) in [5.41, 5.74) is 4.07. The van der Waals surface area contributed by atoms with Gasteiger partial charge < -0.3 is 0 Å². The SMILES string of the molecule is NNC(Cc1ccc(F)cc1Cl)c1cccc(F)c1. The first-order valence-corrected chi connectivity index (χ1v) is 6.13. The molecule has 0 saturated carbocycles. The topological polar surface area (TPSA) is 38.0 Å². The van der Waals surface area contributed by atoms with E-state index in [4.69, 9.17) is 17.4 Å². The summed E-state index contributed by atoms with van der Waals surface area (Å²) in [7, 11) is 0. The largest absolute Gasteiger partial charge is 0.271 e. The van der Waals surface area contributed by atoms with Gasteiger partial charge in [0.1, 0.15) is 11.6 Å².